The third-order valence-corrected chi connectivity index (χ3v) is 5.90. The third-order valence-electron chi connectivity index (χ3n) is 5.70. The van der Waals surface area contributed by atoms with Gasteiger partial charge in [-0.2, -0.15) is 0 Å². The summed E-state index contributed by atoms with van der Waals surface area (Å²) in [5.74, 6) is 1.46. The number of ether oxygens (including phenoxy) is 1. The Balaban J connectivity index is 1.38. The van der Waals surface area contributed by atoms with Crippen LogP contribution in [0.15, 0.2) is 71.1 Å². The lowest BCUT2D eigenvalue weighted by Crippen LogP contribution is -2.34. The Morgan fingerprint density at radius 3 is 2.40 bits per heavy atom. The molecule has 4 aromatic rings. The molecule has 0 fully saturated rings. The van der Waals surface area contributed by atoms with Gasteiger partial charge in [0.05, 0.1) is 6.10 Å². The number of anilines is 1. The first-order chi connectivity index (χ1) is 16.8. The molecule has 1 heterocycles. The first kappa shape index (κ1) is 24.4. The van der Waals surface area contributed by atoms with Crippen LogP contribution >= 0.6 is 12.2 Å². The van der Waals surface area contributed by atoms with E-state index in [0.29, 0.717) is 23.1 Å². The Hall–Kier alpha value is -3.71. The van der Waals surface area contributed by atoms with E-state index < -0.39 is 0 Å². The second-order valence-electron chi connectivity index (χ2n) is 8.73. The van der Waals surface area contributed by atoms with Crippen molar-refractivity contribution in [3.8, 4) is 17.2 Å². The van der Waals surface area contributed by atoms with Crippen molar-refractivity contribution in [2.24, 2.45) is 0 Å². The SMILES string of the molecule is CC[C@H](C)c1ccc2oc(-c3ccc(NC(=S)NC(=O)c4ccc(OC(C)C)cc4)cc3)nc2c1. The Morgan fingerprint density at radius 2 is 1.74 bits per heavy atom. The number of carbonyl (C=O) groups is 1. The highest BCUT2D eigenvalue weighted by molar-refractivity contribution is 7.80. The molecule has 0 aliphatic rings. The lowest BCUT2D eigenvalue weighted by atomic mass is 9.98. The van der Waals surface area contributed by atoms with Crippen molar-refractivity contribution >= 4 is 40.0 Å². The van der Waals surface area contributed by atoms with Crippen molar-refractivity contribution < 1.29 is 13.9 Å². The van der Waals surface area contributed by atoms with Gasteiger partial charge in [0.25, 0.3) is 5.91 Å². The van der Waals surface area contributed by atoms with Gasteiger partial charge in [0, 0.05) is 16.8 Å². The van der Waals surface area contributed by atoms with Crippen LogP contribution in [0.4, 0.5) is 5.69 Å². The Bertz CT molecular complexity index is 1330. The normalized spacial score (nSPS) is 11.9. The number of rotatable bonds is 7. The van der Waals surface area contributed by atoms with E-state index in [0.717, 1.165) is 28.8 Å². The molecular weight excluding hydrogens is 458 g/mol. The average Bonchev–Trinajstić information content (AvgIpc) is 3.27. The molecule has 1 amide bonds. The summed E-state index contributed by atoms with van der Waals surface area (Å²) in [6, 6.07) is 20.7. The van der Waals surface area contributed by atoms with Crippen LogP contribution in [0.5, 0.6) is 5.75 Å². The zero-order valence-corrected chi connectivity index (χ0v) is 21.1. The highest BCUT2D eigenvalue weighted by Crippen LogP contribution is 2.28. The molecule has 0 unspecified atom stereocenters. The molecule has 4 rings (SSSR count). The number of benzene rings is 3. The number of fused-ring (bicyclic) bond motifs is 1. The number of nitrogens with zero attached hydrogens (tertiary/aromatic N) is 1. The molecule has 0 saturated carbocycles. The highest BCUT2D eigenvalue weighted by atomic mass is 32.1. The van der Waals surface area contributed by atoms with Crippen molar-refractivity contribution in [2.45, 2.75) is 46.1 Å². The maximum atomic E-state index is 12.5. The summed E-state index contributed by atoms with van der Waals surface area (Å²) in [5.41, 5.74) is 4.97. The van der Waals surface area contributed by atoms with E-state index in [1.54, 1.807) is 24.3 Å². The van der Waals surface area contributed by atoms with E-state index in [9.17, 15) is 4.79 Å². The number of oxazole rings is 1. The zero-order valence-electron chi connectivity index (χ0n) is 20.3. The summed E-state index contributed by atoms with van der Waals surface area (Å²) >= 11 is 5.31. The van der Waals surface area contributed by atoms with E-state index in [-0.39, 0.29) is 17.1 Å². The summed E-state index contributed by atoms with van der Waals surface area (Å²) in [5, 5.41) is 5.95. The van der Waals surface area contributed by atoms with Gasteiger partial charge < -0.3 is 14.5 Å². The molecule has 0 aliphatic carbocycles. The van der Waals surface area contributed by atoms with Gasteiger partial charge in [-0.05, 0) is 105 Å². The van der Waals surface area contributed by atoms with E-state index in [1.807, 2.05) is 44.2 Å². The molecule has 0 bridgehead atoms. The number of carbonyl (C=O) groups excluding carboxylic acids is 1. The maximum absolute atomic E-state index is 12.5. The molecule has 6 nitrogen and oxygen atoms in total. The minimum absolute atomic E-state index is 0.0722. The first-order valence-electron chi connectivity index (χ1n) is 11.7. The first-order valence-corrected chi connectivity index (χ1v) is 12.1. The predicted molar refractivity (Wildman–Crippen MR) is 144 cm³/mol. The average molecular weight is 488 g/mol. The molecule has 180 valence electrons. The van der Waals surface area contributed by atoms with E-state index in [4.69, 9.17) is 21.4 Å². The lowest BCUT2D eigenvalue weighted by Gasteiger charge is -2.11. The number of nitrogens with one attached hydrogen (secondary N) is 2. The van der Waals surface area contributed by atoms with E-state index >= 15 is 0 Å². The van der Waals surface area contributed by atoms with E-state index in [1.165, 1.54) is 5.56 Å². The van der Waals surface area contributed by atoms with Gasteiger partial charge in [-0.15, -0.1) is 0 Å². The molecule has 0 spiro atoms. The second kappa shape index (κ2) is 10.7. The minimum Gasteiger partial charge on any atom is -0.491 e. The van der Waals surface area contributed by atoms with E-state index in [2.05, 4.69) is 41.6 Å². The van der Waals surface area contributed by atoms with Crippen LogP contribution in [0, 0.1) is 0 Å². The van der Waals surface area contributed by atoms with Gasteiger partial charge in [-0.1, -0.05) is 19.9 Å². The molecule has 7 heteroatoms. The van der Waals surface area contributed by atoms with Crippen molar-refractivity contribution in [2.75, 3.05) is 5.32 Å². The van der Waals surface area contributed by atoms with Crippen LogP contribution in [0.1, 0.15) is 56.0 Å². The standard InChI is InChI=1S/C28H29N3O3S/c1-5-18(4)21-10-15-25-24(16-21)30-27(34-25)20-6-11-22(12-7-20)29-28(35)31-26(32)19-8-13-23(14-9-19)33-17(2)3/h6-18H,5H2,1-4H3,(H2,29,31,32,35)/t18-/m0/s1. The van der Waals surface area contributed by atoms with Crippen LogP contribution in [-0.4, -0.2) is 22.1 Å². The molecule has 2 N–H and O–H groups in total. The molecule has 0 saturated heterocycles. The maximum Gasteiger partial charge on any atom is 0.257 e. The fourth-order valence-electron chi connectivity index (χ4n) is 3.60. The quantitative estimate of drug-likeness (QED) is 0.276. The number of amides is 1. The number of hydrogen-bond acceptors (Lipinski definition) is 5. The summed E-state index contributed by atoms with van der Waals surface area (Å²) in [7, 11) is 0. The molecular formula is C28H29N3O3S. The van der Waals surface area contributed by atoms with Crippen molar-refractivity contribution in [1.29, 1.82) is 0 Å². The molecule has 0 aliphatic heterocycles. The smallest absolute Gasteiger partial charge is 0.257 e. The molecule has 1 atom stereocenters. The van der Waals surface area contributed by atoms with Crippen LogP contribution in [0.25, 0.3) is 22.6 Å². The molecule has 35 heavy (non-hydrogen) atoms. The second-order valence-corrected chi connectivity index (χ2v) is 9.14. The van der Waals surface area contributed by atoms with Crippen LogP contribution in [-0.2, 0) is 0 Å². The van der Waals surface area contributed by atoms with Crippen molar-refractivity contribution in [3.63, 3.8) is 0 Å². The van der Waals surface area contributed by atoms with Gasteiger partial charge in [0.15, 0.2) is 10.7 Å². The summed E-state index contributed by atoms with van der Waals surface area (Å²) in [4.78, 5) is 17.2. The molecule has 3 aromatic carbocycles. The molecule has 1 aromatic heterocycles. The van der Waals surface area contributed by atoms with Crippen molar-refractivity contribution in [3.05, 3.63) is 77.9 Å². The monoisotopic (exact) mass is 487 g/mol. The predicted octanol–water partition coefficient (Wildman–Crippen LogP) is 6.92. The summed E-state index contributed by atoms with van der Waals surface area (Å²) in [6.45, 7) is 8.29. The highest BCUT2D eigenvalue weighted by Gasteiger charge is 2.12. The van der Waals surface area contributed by atoms with Gasteiger partial charge >= 0.3 is 0 Å². The van der Waals surface area contributed by atoms with Gasteiger partial charge in [0.2, 0.25) is 5.89 Å². The summed E-state index contributed by atoms with van der Waals surface area (Å²) in [6.07, 6.45) is 1.15. The fourth-order valence-corrected chi connectivity index (χ4v) is 3.81. The Labute approximate surface area is 210 Å². The van der Waals surface area contributed by atoms with Crippen LogP contribution in [0.3, 0.4) is 0 Å². The molecule has 0 radical (unpaired) electrons. The van der Waals surface area contributed by atoms with Gasteiger partial charge in [0.1, 0.15) is 11.3 Å². The number of thiocarbonyl (C=S) groups is 1. The zero-order chi connectivity index (χ0) is 24.9. The van der Waals surface area contributed by atoms with Crippen LogP contribution < -0.4 is 15.4 Å². The van der Waals surface area contributed by atoms with Gasteiger partial charge in [-0.3, -0.25) is 10.1 Å². The topological polar surface area (TPSA) is 76.4 Å². The largest absolute Gasteiger partial charge is 0.491 e. The fraction of sp³-hybridized carbons (Fsp3) is 0.250. The Morgan fingerprint density at radius 1 is 1.03 bits per heavy atom. The third kappa shape index (κ3) is 6.05. The summed E-state index contributed by atoms with van der Waals surface area (Å²) < 4.78 is 11.6. The van der Waals surface area contributed by atoms with Gasteiger partial charge in [-0.25, -0.2) is 4.98 Å². The van der Waals surface area contributed by atoms with Crippen LogP contribution in [0.2, 0.25) is 0 Å². The minimum atomic E-state index is -0.293. The number of aromatic nitrogens is 1. The van der Waals surface area contributed by atoms with Crippen molar-refractivity contribution in [1.82, 2.24) is 10.3 Å². The Kier molecular flexibility index (Phi) is 7.46. The number of hydrogen-bond donors (Lipinski definition) is 2. The lowest BCUT2D eigenvalue weighted by molar-refractivity contribution is 0.0977.